The number of anilines is 1. The van der Waals surface area contributed by atoms with Gasteiger partial charge in [-0.15, -0.1) is 0 Å². The quantitative estimate of drug-likeness (QED) is 0.910. The number of fused-ring (bicyclic) bond motifs is 5. The zero-order chi connectivity index (χ0) is 16.8. The molecule has 0 spiro atoms. The molecule has 0 atom stereocenters. The molecule has 132 valence electrons. The fourth-order valence-corrected chi connectivity index (χ4v) is 4.63. The normalized spacial score (nSPS) is 26.4. The second-order valence-electron chi connectivity index (χ2n) is 7.57. The highest BCUT2D eigenvalue weighted by molar-refractivity contribution is 6.05. The van der Waals surface area contributed by atoms with Gasteiger partial charge in [0, 0.05) is 56.4 Å². The van der Waals surface area contributed by atoms with E-state index in [0.29, 0.717) is 11.7 Å². The lowest BCUT2D eigenvalue weighted by molar-refractivity contribution is 0.0681. The van der Waals surface area contributed by atoms with E-state index < -0.39 is 0 Å². The molecule has 6 heteroatoms. The first-order valence-electron chi connectivity index (χ1n) is 9.56. The number of carbonyl (C=O) groups excluding carboxylic acids is 1. The van der Waals surface area contributed by atoms with E-state index in [1.165, 1.54) is 18.5 Å². The highest BCUT2D eigenvalue weighted by Gasteiger charge is 2.33. The molecule has 1 aromatic heterocycles. The number of hydrogen-bond acceptors (Lipinski definition) is 4. The summed E-state index contributed by atoms with van der Waals surface area (Å²) in [6.45, 7) is 6.27. The van der Waals surface area contributed by atoms with E-state index >= 15 is 0 Å². The molecule has 0 aliphatic carbocycles. The van der Waals surface area contributed by atoms with Crippen LogP contribution in [0.15, 0.2) is 18.2 Å². The molecule has 6 rings (SSSR count). The molecule has 6 nitrogen and oxygen atoms in total. The average molecular weight is 339 g/mol. The number of nitrogens with one attached hydrogen (secondary N) is 1. The molecule has 5 heterocycles. The Hall–Kier alpha value is -2.08. The number of rotatable bonds is 2. The summed E-state index contributed by atoms with van der Waals surface area (Å²) in [5, 5.41) is 8.43. The van der Waals surface area contributed by atoms with E-state index in [4.69, 9.17) is 0 Å². The molecule has 0 saturated carbocycles. The summed E-state index contributed by atoms with van der Waals surface area (Å²) in [5.74, 6) is 0.0959. The molecule has 1 amide bonds. The van der Waals surface area contributed by atoms with Crippen LogP contribution in [-0.4, -0.2) is 71.2 Å². The Bertz CT molecular complexity index is 786. The first kappa shape index (κ1) is 15.2. The highest BCUT2D eigenvalue weighted by atomic mass is 16.2. The lowest BCUT2D eigenvalue weighted by Crippen LogP contribution is -2.41. The van der Waals surface area contributed by atoms with Crippen LogP contribution in [0.3, 0.4) is 0 Å². The molecule has 2 bridgehead atoms. The molecule has 2 aromatic rings. The molecule has 1 N–H and O–H groups in total. The van der Waals surface area contributed by atoms with Gasteiger partial charge >= 0.3 is 0 Å². The minimum atomic E-state index is 0.0959. The van der Waals surface area contributed by atoms with Gasteiger partial charge in [0.1, 0.15) is 0 Å². The SMILES string of the molecule is O=C(c1n[nH]c2ccc(N3CCCC3)cc12)N1CCN2CCC1CC2. The van der Waals surface area contributed by atoms with Crippen molar-refractivity contribution in [3.05, 3.63) is 23.9 Å². The van der Waals surface area contributed by atoms with Gasteiger partial charge in [0.15, 0.2) is 5.69 Å². The lowest BCUT2D eigenvalue weighted by atomic mass is 10.0. The van der Waals surface area contributed by atoms with Crippen molar-refractivity contribution in [3.63, 3.8) is 0 Å². The Morgan fingerprint density at radius 2 is 1.84 bits per heavy atom. The van der Waals surface area contributed by atoms with Crippen LogP contribution < -0.4 is 4.90 Å². The van der Waals surface area contributed by atoms with Crippen LogP contribution >= 0.6 is 0 Å². The molecule has 4 aliphatic heterocycles. The van der Waals surface area contributed by atoms with Crippen LogP contribution in [0.2, 0.25) is 0 Å². The second-order valence-corrected chi connectivity index (χ2v) is 7.57. The van der Waals surface area contributed by atoms with Crippen molar-refractivity contribution in [1.29, 1.82) is 0 Å². The van der Waals surface area contributed by atoms with E-state index in [9.17, 15) is 4.79 Å². The van der Waals surface area contributed by atoms with Crippen molar-refractivity contribution in [2.24, 2.45) is 0 Å². The first-order chi connectivity index (χ1) is 12.3. The maximum absolute atomic E-state index is 13.3. The van der Waals surface area contributed by atoms with Crippen molar-refractivity contribution in [3.8, 4) is 0 Å². The van der Waals surface area contributed by atoms with Crippen LogP contribution in [-0.2, 0) is 0 Å². The number of aromatic amines is 1. The minimum Gasteiger partial charge on any atom is -0.372 e. The maximum Gasteiger partial charge on any atom is 0.275 e. The molecule has 4 saturated heterocycles. The summed E-state index contributed by atoms with van der Waals surface area (Å²) in [7, 11) is 0. The third-order valence-electron chi connectivity index (χ3n) is 6.14. The third-order valence-corrected chi connectivity index (χ3v) is 6.14. The summed E-state index contributed by atoms with van der Waals surface area (Å²) >= 11 is 0. The van der Waals surface area contributed by atoms with Gasteiger partial charge in [-0.3, -0.25) is 9.89 Å². The van der Waals surface area contributed by atoms with E-state index in [2.05, 4.69) is 43.1 Å². The van der Waals surface area contributed by atoms with Gasteiger partial charge in [-0.1, -0.05) is 0 Å². The van der Waals surface area contributed by atoms with E-state index in [1.807, 2.05) is 0 Å². The van der Waals surface area contributed by atoms with Crippen LogP contribution in [0.4, 0.5) is 5.69 Å². The van der Waals surface area contributed by atoms with Crippen molar-refractivity contribution in [1.82, 2.24) is 20.0 Å². The summed E-state index contributed by atoms with van der Waals surface area (Å²) in [6.07, 6.45) is 4.68. The van der Waals surface area contributed by atoms with E-state index in [1.54, 1.807) is 0 Å². The summed E-state index contributed by atoms with van der Waals surface area (Å²) in [5.41, 5.74) is 2.76. The topological polar surface area (TPSA) is 55.5 Å². The van der Waals surface area contributed by atoms with Gasteiger partial charge in [0.05, 0.1) is 5.52 Å². The van der Waals surface area contributed by atoms with E-state index in [0.717, 1.165) is 63.0 Å². The van der Waals surface area contributed by atoms with Gasteiger partial charge in [-0.2, -0.15) is 5.10 Å². The number of nitrogens with zero attached hydrogens (tertiary/aromatic N) is 4. The van der Waals surface area contributed by atoms with Crippen LogP contribution in [0.25, 0.3) is 10.9 Å². The predicted molar refractivity (Wildman–Crippen MR) is 98.0 cm³/mol. The van der Waals surface area contributed by atoms with Crippen molar-refractivity contribution in [2.75, 3.05) is 44.2 Å². The van der Waals surface area contributed by atoms with Crippen molar-refractivity contribution >= 4 is 22.5 Å². The summed E-state index contributed by atoms with van der Waals surface area (Å²) in [4.78, 5) is 20.2. The van der Waals surface area contributed by atoms with Crippen LogP contribution in [0.5, 0.6) is 0 Å². The van der Waals surface area contributed by atoms with Crippen molar-refractivity contribution in [2.45, 2.75) is 31.7 Å². The van der Waals surface area contributed by atoms with Crippen LogP contribution in [0, 0.1) is 0 Å². The summed E-state index contributed by atoms with van der Waals surface area (Å²) < 4.78 is 0. The van der Waals surface area contributed by atoms with Crippen molar-refractivity contribution < 1.29 is 4.79 Å². The number of hydrogen-bond donors (Lipinski definition) is 1. The van der Waals surface area contributed by atoms with Gasteiger partial charge in [-0.05, 0) is 43.9 Å². The molecule has 25 heavy (non-hydrogen) atoms. The zero-order valence-corrected chi connectivity index (χ0v) is 14.6. The molecular weight excluding hydrogens is 314 g/mol. The number of benzene rings is 1. The predicted octanol–water partition coefficient (Wildman–Crippen LogP) is 2.08. The Labute approximate surface area is 147 Å². The zero-order valence-electron chi connectivity index (χ0n) is 14.6. The monoisotopic (exact) mass is 339 g/mol. The number of H-pyrrole nitrogens is 1. The highest BCUT2D eigenvalue weighted by Crippen LogP contribution is 2.28. The fraction of sp³-hybridized carbons (Fsp3) is 0.579. The number of carbonyl (C=O) groups is 1. The van der Waals surface area contributed by atoms with Gasteiger partial charge in [-0.25, -0.2) is 0 Å². The van der Waals surface area contributed by atoms with Gasteiger partial charge < -0.3 is 14.7 Å². The molecule has 0 radical (unpaired) electrons. The summed E-state index contributed by atoms with van der Waals surface area (Å²) in [6, 6.07) is 6.73. The smallest absolute Gasteiger partial charge is 0.275 e. The lowest BCUT2D eigenvalue weighted by Gasteiger charge is -2.31. The number of amides is 1. The molecule has 4 aliphatic rings. The van der Waals surface area contributed by atoms with E-state index in [-0.39, 0.29) is 5.91 Å². The number of aromatic nitrogens is 2. The van der Waals surface area contributed by atoms with Gasteiger partial charge in [0.2, 0.25) is 0 Å². The molecule has 4 fully saturated rings. The third kappa shape index (κ3) is 2.59. The molecule has 0 unspecified atom stereocenters. The molecular formula is C19H25N5O. The fourth-order valence-electron chi connectivity index (χ4n) is 4.63. The first-order valence-corrected chi connectivity index (χ1v) is 9.56. The minimum absolute atomic E-state index is 0.0959. The largest absolute Gasteiger partial charge is 0.372 e. The maximum atomic E-state index is 13.3. The van der Waals surface area contributed by atoms with Gasteiger partial charge in [0.25, 0.3) is 5.91 Å². The Kier molecular flexibility index (Phi) is 3.66. The van der Waals surface area contributed by atoms with Crippen LogP contribution in [0.1, 0.15) is 36.2 Å². The standard InChI is InChI=1S/C19H25N5O/c25-19(24-12-11-22-9-5-14(24)6-10-22)18-16-13-15(23-7-1-2-8-23)3-4-17(16)20-21-18/h3-4,13-14H,1-2,5-12H2,(H,20,21). The average Bonchev–Trinajstić information content (AvgIpc) is 3.23. The molecule has 1 aromatic carbocycles. The second kappa shape index (κ2) is 6.02. The Morgan fingerprint density at radius 1 is 1.04 bits per heavy atom. The number of piperidine rings is 1. The Morgan fingerprint density at radius 3 is 2.64 bits per heavy atom. The Balaban J connectivity index is 1.49.